The number of hydrogen-bond donors (Lipinski definition) is 0. The summed E-state index contributed by atoms with van der Waals surface area (Å²) in [5.41, 5.74) is 2.35. The van der Waals surface area contributed by atoms with E-state index in [1.807, 2.05) is 0 Å². The summed E-state index contributed by atoms with van der Waals surface area (Å²) in [6.45, 7) is 2.24. The van der Waals surface area contributed by atoms with Crippen LogP contribution in [0, 0.1) is 5.82 Å². The normalized spacial score (nSPS) is 12.2. The maximum Gasteiger partial charge on any atom is 0.573 e. The van der Waals surface area contributed by atoms with E-state index < -0.39 is 29.8 Å². The Kier molecular flexibility index (Phi) is 10.2. The predicted molar refractivity (Wildman–Crippen MR) is 163 cm³/mol. The van der Waals surface area contributed by atoms with Crippen molar-refractivity contribution < 1.29 is 49.7 Å². The number of rotatable bonds is 9. The number of ether oxygens (including phenoxy) is 4. The average molecular weight is 708 g/mol. The number of alkyl halides is 6. The van der Waals surface area contributed by atoms with Crippen LogP contribution in [0.3, 0.4) is 0 Å². The molecular weight excluding hydrogens is 679 g/mol. The molecule has 50 heavy (non-hydrogen) atoms. The van der Waals surface area contributed by atoms with Gasteiger partial charge in [0.25, 0.3) is 5.88 Å². The smallest absolute Gasteiger partial charge is 0.460 e. The van der Waals surface area contributed by atoms with Crippen molar-refractivity contribution >= 4 is 11.0 Å². The van der Waals surface area contributed by atoms with Gasteiger partial charge in [0.05, 0.1) is 47.0 Å². The molecular formula is C32H28F7N7O4. The van der Waals surface area contributed by atoms with Crippen molar-refractivity contribution in [1.29, 1.82) is 0 Å². The number of halogens is 7. The quantitative estimate of drug-likeness (QED) is 0.144. The third-order valence-corrected chi connectivity index (χ3v) is 7.10. The Bertz CT molecular complexity index is 2080. The van der Waals surface area contributed by atoms with Crippen LogP contribution in [-0.2, 0) is 22.7 Å². The highest BCUT2D eigenvalue weighted by molar-refractivity contribution is 5.67. The summed E-state index contributed by atoms with van der Waals surface area (Å²) in [6.07, 6.45) is -1.90. The molecule has 264 valence electrons. The molecule has 0 radical (unpaired) electrons. The van der Waals surface area contributed by atoms with Crippen molar-refractivity contribution in [3.63, 3.8) is 0 Å². The van der Waals surface area contributed by atoms with Crippen LogP contribution < -0.4 is 9.47 Å². The van der Waals surface area contributed by atoms with Crippen LogP contribution in [0.15, 0.2) is 74.0 Å². The molecule has 0 N–H and O–H groups in total. The molecule has 5 heterocycles. The van der Waals surface area contributed by atoms with Crippen molar-refractivity contribution in [2.45, 2.75) is 45.2 Å². The molecule has 5 aromatic heterocycles. The Morgan fingerprint density at radius 2 is 1.14 bits per heavy atom. The zero-order valence-electron chi connectivity index (χ0n) is 26.8. The zero-order valence-corrected chi connectivity index (χ0v) is 26.8. The summed E-state index contributed by atoms with van der Waals surface area (Å²) in [6, 6.07) is 10.0. The Morgan fingerprint density at radius 3 is 1.60 bits per heavy atom. The van der Waals surface area contributed by atoms with Crippen LogP contribution in [-0.4, -0.2) is 66.1 Å². The standard InChI is InChI=1S/C17H16F4N4O2.C15H12F3N3O2/c1-16(2,17(19,20)21)27-15-11(18)4-10(6-22-15)12-5-14-13(7-26-3)24-9-25(14)8-23-12;1-22-7-13-14-6-12(19-8-21(14)9-20-13)10-2-4-11(5-3-10)23-15(16,17)18/h4-6,8-9H,7H2,1-3H3;2-6,8-9H,7H2,1H3. The number of methoxy groups -OCH3 is 2. The van der Waals surface area contributed by atoms with Gasteiger partial charge >= 0.3 is 12.5 Å². The molecule has 0 aliphatic carbocycles. The van der Waals surface area contributed by atoms with Gasteiger partial charge in [-0.05, 0) is 56.3 Å². The van der Waals surface area contributed by atoms with Crippen molar-refractivity contribution in [3.05, 3.63) is 91.2 Å². The minimum atomic E-state index is -4.70. The first-order chi connectivity index (χ1) is 23.6. The van der Waals surface area contributed by atoms with E-state index in [2.05, 4.69) is 29.7 Å². The van der Waals surface area contributed by atoms with E-state index in [-0.39, 0.29) is 17.9 Å². The fourth-order valence-electron chi connectivity index (χ4n) is 4.48. The van der Waals surface area contributed by atoms with Crippen molar-refractivity contribution in [1.82, 2.24) is 33.7 Å². The van der Waals surface area contributed by atoms with Crippen LogP contribution in [0.5, 0.6) is 11.6 Å². The van der Waals surface area contributed by atoms with Gasteiger partial charge in [-0.1, -0.05) is 0 Å². The van der Waals surface area contributed by atoms with Crippen LogP contribution >= 0.6 is 0 Å². The van der Waals surface area contributed by atoms with E-state index in [0.717, 1.165) is 31.1 Å². The van der Waals surface area contributed by atoms with Crippen LogP contribution in [0.25, 0.3) is 33.5 Å². The summed E-state index contributed by atoms with van der Waals surface area (Å²) >= 11 is 0. The molecule has 0 bridgehead atoms. The molecule has 0 unspecified atom stereocenters. The molecule has 6 aromatic rings. The highest BCUT2D eigenvalue weighted by Crippen LogP contribution is 2.35. The highest BCUT2D eigenvalue weighted by Gasteiger charge is 2.50. The van der Waals surface area contributed by atoms with E-state index in [1.54, 1.807) is 47.0 Å². The number of benzene rings is 1. The molecule has 0 amide bonds. The van der Waals surface area contributed by atoms with E-state index in [1.165, 1.54) is 43.9 Å². The van der Waals surface area contributed by atoms with Gasteiger partial charge in [0.1, 0.15) is 31.1 Å². The lowest BCUT2D eigenvalue weighted by atomic mass is 10.1. The summed E-state index contributed by atoms with van der Waals surface area (Å²) in [5.74, 6) is -2.02. The molecule has 11 nitrogen and oxygen atoms in total. The predicted octanol–water partition coefficient (Wildman–Crippen LogP) is 7.24. The maximum atomic E-state index is 14.3. The van der Waals surface area contributed by atoms with E-state index in [4.69, 9.17) is 14.2 Å². The van der Waals surface area contributed by atoms with E-state index >= 15 is 0 Å². The van der Waals surface area contributed by atoms with Crippen molar-refractivity contribution in [2.75, 3.05) is 14.2 Å². The maximum absolute atomic E-state index is 14.3. The highest BCUT2D eigenvalue weighted by atomic mass is 19.4. The number of imidazole rings is 2. The van der Waals surface area contributed by atoms with Crippen molar-refractivity contribution in [3.8, 4) is 34.1 Å². The molecule has 0 saturated heterocycles. The first-order valence-corrected chi connectivity index (χ1v) is 14.5. The number of pyridine rings is 1. The molecule has 0 aliphatic heterocycles. The SMILES string of the molecule is COCc1ncn2cnc(-c3ccc(OC(F)(F)F)cc3)cc12.COCc1ncn2cnc(-c3cnc(OC(C)(C)C(F)(F)F)c(F)c3)cc12. The van der Waals surface area contributed by atoms with Gasteiger partial charge in [0.15, 0.2) is 11.4 Å². The second-order valence-electron chi connectivity index (χ2n) is 11.1. The zero-order chi connectivity index (χ0) is 36.3. The summed E-state index contributed by atoms with van der Waals surface area (Å²) in [4.78, 5) is 20.6. The van der Waals surface area contributed by atoms with Crippen molar-refractivity contribution in [2.24, 2.45) is 0 Å². The number of fused-ring (bicyclic) bond motifs is 2. The Labute approximate surface area is 279 Å². The lowest BCUT2D eigenvalue weighted by Gasteiger charge is -2.28. The second kappa shape index (κ2) is 14.2. The number of aromatic nitrogens is 7. The Balaban J connectivity index is 0.000000197. The lowest BCUT2D eigenvalue weighted by molar-refractivity contribution is -0.274. The van der Waals surface area contributed by atoms with Crippen LogP contribution in [0.1, 0.15) is 25.2 Å². The third kappa shape index (κ3) is 8.25. The fourth-order valence-corrected chi connectivity index (χ4v) is 4.48. The first kappa shape index (κ1) is 35.9. The van der Waals surface area contributed by atoms with Gasteiger partial charge in [-0.15, -0.1) is 13.2 Å². The molecule has 0 saturated carbocycles. The summed E-state index contributed by atoms with van der Waals surface area (Å²) in [7, 11) is 3.11. The number of nitrogens with zero attached hydrogens (tertiary/aromatic N) is 7. The largest absolute Gasteiger partial charge is 0.573 e. The van der Waals surface area contributed by atoms with Gasteiger partial charge in [-0.2, -0.15) is 13.2 Å². The molecule has 6 rings (SSSR count). The topological polar surface area (TPSA) is 110 Å². The molecule has 0 aliphatic rings. The monoisotopic (exact) mass is 707 g/mol. The molecule has 0 fully saturated rings. The fraction of sp³-hybridized carbons (Fsp3) is 0.281. The summed E-state index contributed by atoms with van der Waals surface area (Å²) in [5, 5.41) is 0. The van der Waals surface area contributed by atoms with E-state index in [9.17, 15) is 30.7 Å². The van der Waals surface area contributed by atoms with Crippen LogP contribution in [0.4, 0.5) is 30.7 Å². The molecule has 18 heteroatoms. The minimum absolute atomic E-state index is 0.272. The number of hydrogen-bond acceptors (Lipinski definition) is 9. The van der Waals surface area contributed by atoms with Gasteiger partial charge in [0, 0.05) is 31.5 Å². The van der Waals surface area contributed by atoms with Gasteiger partial charge < -0.3 is 18.9 Å². The average Bonchev–Trinajstić information content (AvgIpc) is 3.65. The Hall–Kier alpha value is -5.36. The molecule has 1 aromatic carbocycles. The third-order valence-electron chi connectivity index (χ3n) is 7.10. The summed E-state index contributed by atoms with van der Waals surface area (Å²) < 4.78 is 112. The lowest BCUT2D eigenvalue weighted by Crippen LogP contribution is -2.45. The molecule has 0 atom stereocenters. The second-order valence-corrected chi connectivity index (χ2v) is 11.1. The van der Waals surface area contributed by atoms with Crippen LogP contribution in [0.2, 0.25) is 0 Å². The van der Waals surface area contributed by atoms with E-state index in [0.29, 0.717) is 34.8 Å². The van der Waals surface area contributed by atoms with Gasteiger partial charge in [0.2, 0.25) is 0 Å². The van der Waals surface area contributed by atoms with Gasteiger partial charge in [-0.25, -0.2) is 29.3 Å². The first-order valence-electron chi connectivity index (χ1n) is 14.5. The minimum Gasteiger partial charge on any atom is -0.460 e. The Morgan fingerprint density at radius 1 is 0.640 bits per heavy atom. The molecule has 0 spiro atoms. The van der Waals surface area contributed by atoms with Gasteiger partial charge in [-0.3, -0.25) is 8.80 Å².